The van der Waals surface area contributed by atoms with Crippen molar-refractivity contribution in [2.24, 2.45) is 17.3 Å². The van der Waals surface area contributed by atoms with Crippen molar-refractivity contribution in [3.05, 3.63) is 11.1 Å². The van der Waals surface area contributed by atoms with Crippen molar-refractivity contribution in [3.63, 3.8) is 0 Å². The number of nitrogens with one attached hydrogen (secondary N) is 3. The van der Waals surface area contributed by atoms with E-state index in [1.165, 1.54) is 6.92 Å². The normalized spacial score (nSPS) is 38.7. The van der Waals surface area contributed by atoms with E-state index in [1.54, 1.807) is 20.8 Å². The third-order valence-electron chi connectivity index (χ3n) is 12.2. The van der Waals surface area contributed by atoms with Crippen molar-refractivity contribution in [1.29, 1.82) is 0 Å². The van der Waals surface area contributed by atoms with Crippen molar-refractivity contribution in [2.75, 3.05) is 19.7 Å². The topological polar surface area (TPSA) is 183 Å². The van der Waals surface area contributed by atoms with Gasteiger partial charge < -0.3 is 5.32 Å². The molecule has 2 unspecified atom stereocenters. The first kappa shape index (κ1) is 36.8. The van der Waals surface area contributed by atoms with Gasteiger partial charge in [0, 0.05) is 13.5 Å². The van der Waals surface area contributed by atoms with Gasteiger partial charge in [-0.05, 0) is 20.8 Å². The summed E-state index contributed by atoms with van der Waals surface area (Å²) < 4.78 is 37.0. The quantitative estimate of drug-likeness (QED) is 0.0569. The molecule has 284 valence electrons. The first-order chi connectivity index (χ1) is 24.0. The number of carbonyl (C=O) groups is 5. The van der Waals surface area contributed by atoms with Gasteiger partial charge in [-0.1, -0.05) is 0 Å². The van der Waals surface area contributed by atoms with E-state index in [2.05, 4.69) is 36.7 Å². The number of halogens is 1. The standard InChI is InChI=1S/C36H51IN3O11/c1-18(2)34-26(51-37-34)27-36(49-27)33(7)13-11-20-21(17-46-29(20)44)22(33)16-24-35(36,48-24)30(34)47-25(42)12-15-39-28(43)23(10-8-9-14-38-19(3)41)40-31(45)50-32(4,5)6/h18,22-24,26-27,30H,8-17H2,1-7H3,(H,38,41)(H,39,43)(H,40,45)/q-1/t22?,23-,24-,26?,27-,30+,33-,34-,35+,36+/m0/s1. The van der Waals surface area contributed by atoms with Crippen LogP contribution in [-0.4, -0.2) is 100 Å². The van der Waals surface area contributed by atoms with E-state index >= 15 is 0 Å². The zero-order valence-electron chi connectivity index (χ0n) is 30.5. The van der Waals surface area contributed by atoms with E-state index in [9.17, 15) is 24.0 Å². The van der Waals surface area contributed by atoms with E-state index in [-0.39, 0.29) is 63.8 Å². The predicted molar refractivity (Wildman–Crippen MR) is 174 cm³/mol. The number of carbonyl (C=O) groups excluding carboxylic acids is 5. The third kappa shape index (κ3) is 5.69. The fourth-order valence-corrected chi connectivity index (χ4v) is 12.9. The second-order valence-corrected chi connectivity index (χ2v) is 19.4. The summed E-state index contributed by atoms with van der Waals surface area (Å²) in [6.45, 7) is 14.0. The molecule has 0 aromatic carbocycles. The Bertz CT molecular complexity index is 1550. The monoisotopic (exact) mass is 828 g/mol. The molecule has 15 heteroatoms. The molecule has 0 bridgehead atoms. The van der Waals surface area contributed by atoms with Gasteiger partial charge >= 0.3 is 254 Å². The van der Waals surface area contributed by atoms with Gasteiger partial charge in [0.15, 0.2) is 0 Å². The van der Waals surface area contributed by atoms with Gasteiger partial charge in [0.25, 0.3) is 0 Å². The summed E-state index contributed by atoms with van der Waals surface area (Å²) in [6, 6.07) is -0.890. The Morgan fingerprint density at radius 3 is 2.49 bits per heavy atom. The molecule has 7 aliphatic rings. The Kier molecular flexibility index (Phi) is 9.26. The molecule has 4 aliphatic heterocycles. The molecule has 4 heterocycles. The molecule has 0 radical (unpaired) electrons. The van der Waals surface area contributed by atoms with E-state index in [0.29, 0.717) is 45.3 Å². The molecule has 51 heavy (non-hydrogen) atoms. The van der Waals surface area contributed by atoms with Gasteiger partial charge in [-0.25, -0.2) is 0 Å². The van der Waals surface area contributed by atoms with E-state index in [1.807, 2.05) is 0 Å². The van der Waals surface area contributed by atoms with Crippen LogP contribution in [0.5, 0.6) is 0 Å². The number of esters is 2. The molecular weight excluding hydrogens is 777 g/mol. The number of fused-ring (bicyclic) bond motifs is 4. The third-order valence-corrected chi connectivity index (χ3v) is 16.2. The Hall–Kier alpha value is -2.50. The van der Waals surface area contributed by atoms with Gasteiger partial charge in [-0.15, -0.1) is 0 Å². The second kappa shape index (κ2) is 12.8. The molecule has 10 atom stereocenters. The van der Waals surface area contributed by atoms with Gasteiger partial charge in [0.2, 0.25) is 5.91 Å². The SMILES string of the molecule is CC(=O)NCCCC[C@H](NC(=O)OC(C)(C)C)C(=O)NCCC(=O)O[C@@H]1[C@@]2(C(C)C)[I-]OC2[C@@H]2O[C@]23[C@]12O[C@H]2CC1C2=C(CC[C@@]13C)C(=O)OC2. The van der Waals surface area contributed by atoms with Gasteiger partial charge in [-0.3, -0.25) is 4.79 Å². The average molecular weight is 829 g/mol. The first-order valence-electron chi connectivity index (χ1n) is 18.3. The maximum atomic E-state index is 13.8. The summed E-state index contributed by atoms with van der Waals surface area (Å²) in [5.41, 5.74) is -0.728. The Morgan fingerprint density at radius 1 is 1.06 bits per heavy atom. The molecule has 0 aromatic heterocycles. The number of amides is 3. The fourth-order valence-electron chi connectivity index (χ4n) is 9.82. The molecule has 5 fully saturated rings. The minimum absolute atomic E-state index is 0.0126. The van der Waals surface area contributed by atoms with E-state index < -0.39 is 68.5 Å². The number of alkyl carbamates (subject to hydrolysis) is 1. The summed E-state index contributed by atoms with van der Waals surface area (Å²) in [7, 11) is 0. The summed E-state index contributed by atoms with van der Waals surface area (Å²) in [5, 5.41) is 8.19. The van der Waals surface area contributed by atoms with Crippen molar-refractivity contribution in [3.8, 4) is 0 Å². The molecule has 3 aliphatic carbocycles. The maximum absolute atomic E-state index is 13.8. The summed E-state index contributed by atoms with van der Waals surface area (Å²) >= 11 is -0.787. The Labute approximate surface area is 309 Å². The number of alkyl halides is 1. The molecule has 7 rings (SSSR count). The zero-order valence-corrected chi connectivity index (χ0v) is 32.6. The molecule has 3 amide bonds. The summed E-state index contributed by atoms with van der Waals surface area (Å²) in [5.74, 6) is -1.01. The van der Waals surface area contributed by atoms with Crippen LogP contribution in [0.3, 0.4) is 0 Å². The number of hydrogen-bond acceptors (Lipinski definition) is 11. The van der Waals surface area contributed by atoms with Gasteiger partial charge in [0.05, 0.1) is 0 Å². The second-order valence-electron chi connectivity index (χ2n) is 16.6. The Balaban J connectivity index is 1.03. The van der Waals surface area contributed by atoms with Crippen molar-refractivity contribution < 1.29 is 72.3 Å². The molecule has 2 spiro atoms. The van der Waals surface area contributed by atoms with Crippen LogP contribution in [0.2, 0.25) is 0 Å². The predicted octanol–water partition coefficient (Wildman–Crippen LogP) is -0.636. The van der Waals surface area contributed by atoms with E-state index in [0.717, 1.165) is 17.6 Å². The number of cyclic esters (lactones) is 1. The average Bonchev–Trinajstić information content (AvgIpc) is 3.90. The van der Waals surface area contributed by atoms with Crippen LogP contribution in [0.15, 0.2) is 11.1 Å². The summed E-state index contributed by atoms with van der Waals surface area (Å²) in [6.07, 6.45) is 1.66. The van der Waals surface area contributed by atoms with Gasteiger partial charge in [-0.2, -0.15) is 0 Å². The summed E-state index contributed by atoms with van der Waals surface area (Å²) in [4.78, 5) is 63.4. The molecule has 0 aromatic rings. The van der Waals surface area contributed by atoms with Crippen LogP contribution in [0.1, 0.15) is 93.4 Å². The molecule has 3 saturated heterocycles. The van der Waals surface area contributed by atoms with Crippen LogP contribution in [0, 0.1) is 17.3 Å². The number of hydrogen-bond donors (Lipinski definition) is 3. The number of rotatable bonds is 12. The van der Waals surface area contributed by atoms with Crippen molar-refractivity contribution in [1.82, 2.24) is 16.0 Å². The molecular formula is C36H51IN3O11-. The van der Waals surface area contributed by atoms with E-state index in [4.69, 9.17) is 26.8 Å². The fraction of sp³-hybridized carbons (Fsp3) is 0.806. The minimum atomic E-state index is -0.890. The first-order valence-corrected chi connectivity index (χ1v) is 20.3. The molecule has 14 nitrogen and oxygen atoms in total. The van der Waals surface area contributed by atoms with Gasteiger partial charge in [0.1, 0.15) is 5.60 Å². The molecule has 2 saturated carbocycles. The van der Waals surface area contributed by atoms with Crippen molar-refractivity contribution >= 4 is 29.8 Å². The number of ether oxygens (including phenoxy) is 5. The van der Waals surface area contributed by atoms with Crippen LogP contribution in [0.4, 0.5) is 4.79 Å². The van der Waals surface area contributed by atoms with Crippen LogP contribution < -0.4 is 37.6 Å². The Morgan fingerprint density at radius 2 is 1.82 bits per heavy atom. The van der Waals surface area contributed by atoms with Crippen LogP contribution in [0.25, 0.3) is 0 Å². The number of unbranched alkanes of at least 4 members (excludes halogenated alkanes) is 1. The van der Waals surface area contributed by atoms with Crippen molar-refractivity contribution in [2.45, 2.75) is 144 Å². The molecule has 3 N–H and O–H groups in total. The zero-order chi connectivity index (χ0) is 36.7. The van der Waals surface area contributed by atoms with Crippen LogP contribution in [-0.2, 0) is 45.9 Å². The number of epoxide rings is 2. The van der Waals surface area contributed by atoms with Crippen LogP contribution >= 0.6 is 0 Å².